The number of benzene rings is 2. The number of fused-ring (bicyclic) bond motifs is 1. The van der Waals surface area contributed by atoms with Crippen molar-refractivity contribution < 1.29 is 14.0 Å². The Hall–Kier alpha value is -3.03. The Balaban J connectivity index is 1.36. The van der Waals surface area contributed by atoms with E-state index in [0.717, 1.165) is 5.39 Å². The molecule has 0 aliphatic carbocycles. The molecule has 1 saturated heterocycles. The zero-order valence-corrected chi connectivity index (χ0v) is 16.9. The Labute approximate surface area is 178 Å². The molecule has 8 heteroatoms. The van der Waals surface area contributed by atoms with E-state index in [1.54, 1.807) is 23.2 Å². The summed E-state index contributed by atoms with van der Waals surface area (Å²) >= 11 is 6.19. The third-order valence-electron chi connectivity index (χ3n) is 5.05. The summed E-state index contributed by atoms with van der Waals surface area (Å²) in [7, 11) is 0. The van der Waals surface area contributed by atoms with E-state index < -0.39 is 0 Å². The fourth-order valence-corrected chi connectivity index (χ4v) is 3.76. The number of aromatic nitrogens is 1. The van der Waals surface area contributed by atoms with Gasteiger partial charge in [-0.3, -0.25) is 19.5 Å². The topological polar surface area (TPSA) is 65.5 Å². The van der Waals surface area contributed by atoms with E-state index in [9.17, 15) is 14.0 Å². The molecule has 0 bridgehead atoms. The Kier molecular flexibility index (Phi) is 5.92. The minimum atomic E-state index is -0.350. The number of hydrogen-bond donors (Lipinski definition) is 1. The van der Waals surface area contributed by atoms with Crippen LogP contribution in [0.2, 0.25) is 5.02 Å². The van der Waals surface area contributed by atoms with Gasteiger partial charge in [-0.25, -0.2) is 4.39 Å². The van der Waals surface area contributed by atoms with E-state index in [0.29, 0.717) is 48.0 Å². The maximum Gasteiger partial charge on any atom is 0.256 e. The Morgan fingerprint density at radius 1 is 1.07 bits per heavy atom. The average Bonchev–Trinajstić information content (AvgIpc) is 2.75. The van der Waals surface area contributed by atoms with Gasteiger partial charge in [0.15, 0.2) is 0 Å². The monoisotopic (exact) mass is 426 g/mol. The van der Waals surface area contributed by atoms with Crippen LogP contribution in [0.4, 0.5) is 10.1 Å². The van der Waals surface area contributed by atoms with E-state index in [2.05, 4.69) is 10.3 Å². The van der Waals surface area contributed by atoms with E-state index in [4.69, 9.17) is 11.6 Å². The zero-order valence-electron chi connectivity index (χ0n) is 16.1. The lowest BCUT2D eigenvalue weighted by atomic mass is 10.1. The molecular formula is C22H20ClFN4O2. The molecule has 2 heterocycles. The number of carbonyl (C=O) groups excluding carboxylic acids is 2. The highest BCUT2D eigenvalue weighted by Crippen LogP contribution is 2.24. The fourth-order valence-electron chi connectivity index (χ4n) is 3.53. The molecule has 0 spiro atoms. The standard InChI is InChI=1S/C22H20ClFN4O2/c23-16-12-15-2-1-7-25-21(15)19(13-16)22(30)28-10-8-27(9-11-28)14-20(29)26-18-5-3-17(24)4-6-18/h1-7,12-13H,8-11,14H2,(H,26,29). The van der Waals surface area contributed by atoms with Crippen molar-refractivity contribution in [1.29, 1.82) is 0 Å². The third-order valence-corrected chi connectivity index (χ3v) is 5.27. The predicted molar refractivity (Wildman–Crippen MR) is 114 cm³/mol. The molecule has 6 nitrogen and oxygen atoms in total. The van der Waals surface area contributed by atoms with Crippen LogP contribution in [-0.2, 0) is 4.79 Å². The van der Waals surface area contributed by atoms with Gasteiger partial charge in [0.1, 0.15) is 5.82 Å². The summed E-state index contributed by atoms with van der Waals surface area (Å²) in [6, 6.07) is 12.8. The molecule has 2 amide bonds. The van der Waals surface area contributed by atoms with Gasteiger partial charge >= 0.3 is 0 Å². The average molecular weight is 427 g/mol. The Bertz CT molecular complexity index is 1080. The molecule has 1 aliphatic rings. The minimum absolute atomic E-state index is 0.114. The van der Waals surface area contributed by atoms with Crippen molar-refractivity contribution in [1.82, 2.24) is 14.8 Å². The first-order chi connectivity index (χ1) is 14.5. The SMILES string of the molecule is O=C(CN1CCN(C(=O)c2cc(Cl)cc3cccnc23)CC1)Nc1ccc(F)cc1. The van der Waals surface area contributed by atoms with Gasteiger partial charge in [-0.2, -0.15) is 0 Å². The highest BCUT2D eigenvalue weighted by atomic mass is 35.5. The lowest BCUT2D eigenvalue weighted by molar-refractivity contribution is -0.117. The normalized spacial score (nSPS) is 14.7. The summed E-state index contributed by atoms with van der Waals surface area (Å²) in [5.41, 5.74) is 1.67. The molecule has 4 rings (SSSR count). The summed E-state index contributed by atoms with van der Waals surface area (Å²) in [6.07, 6.45) is 1.66. The van der Waals surface area contributed by atoms with Gasteiger partial charge in [0, 0.05) is 48.5 Å². The number of rotatable bonds is 4. The van der Waals surface area contributed by atoms with Crippen LogP contribution in [0.15, 0.2) is 54.7 Å². The largest absolute Gasteiger partial charge is 0.336 e. The number of amides is 2. The summed E-state index contributed by atoms with van der Waals surface area (Å²) in [5.74, 6) is -0.639. The van der Waals surface area contributed by atoms with Crippen molar-refractivity contribution in [3.05, 3.63) is 71.1 Å². The molecule has 0 saturated carbocycles. The van der Waals surface area contributed by atoms with Gasteiger partial charge in [0.25, 0.3) is 5.91 Å². The number of piperazine rings is 1. The lowest BCUT2D eigenvalue weighted by Crippen LogP contribution is -2.50. The number of nitrogens with one attached hydrogen (secondary N) is 1. The second-order valence-corrected chi connectivity index (χ2v) is 7.59. The van der Waals surface area contributed by atoms with Crippen LogP contribution in [0, 0.1) is 5.82 Å². The number of pyridine rings is 1. The number of anilines is 1. The van der Waals surface area contributed by atoms with Crippen molar-refractivity contribution in [3.8, 4) is 0 Å². The molecule has 3 aromatic rings. The first kappa shape index (κ1) is 20.3. The van der Waals surface area contributed by atoms with Gasteiger partial charge in [0.2, 0.25) is 5.91 Å². The molecule has 0 unspecified atom stereocenters. The number of nitrogens with zero attached hydrogens (tertiary/aromatic N) is 3. The molecule has 2 aromatic carbocycles. The fraction of sp³-hybridized carbons (Fsp3) is 0.227. The van der Waals surface area contributed by atoms with Gasteiger partial charge < -0.3 is 10.2 Å². The summed E-state index contributed by atoms with van der Waals surface area (Å²) in [6.45, 7) is 2.37. The van der Waals surface area contributed by atoms with Crippen molar-refractivity contribution in [3.63, 3.8) is 0 Å². The van der Waals surface area contributed by atoms with Gasteiger partial charge in [-0.05, 0) is 42.5 Å². The Morgan fingerprint density at radius 3 is 2.53 bits per heavy atom. The maximum atomic E-state index is 13.1. The smallest absolute Gasteiger partial charge is 0.256 e. The molecule has 154 valence electrons. The molecule has 0 atom stereocenters. The maximum absolute atomic E-state index is 13.1. The molecule has 30 heavy (non-hydrogen) atoms. The van der Waals surface area contributed by atoms with Crippen LogP contribution in [0.25, 0.3) is 10.9 Å². The highest BCUT2D eigenvalue weighted by Gasteiger charge is 2.25. The first-order valence-corrected chi connectivity index (χ1v) is 9.99. The van der Waals surface area contributed by atoms with Crippen LogP contribution in [-0.4, -0.2) is 59.3 Å². The quantitative estimate of drug-likeness (QED) is 0.694. The second-order valence-electron chi connectivity index (χ2n) is 7.15. The van der Waals surface area contributed by atoms with Gasteiger partial charge in [-0.1, -0.05) is 17.7 Å². The number of hydrogen-bond acceptors (Lipinski definition) is 4. The lowest BCUT2D eigenvalue weighted by Gasteiger charge is -2.34. The summed E-state index contributed by atoms with van der Waals surface area (Å²) < 4.78 is 13.0. The number of halogens is 2. The second kappa shape index (κ2) is 8.77. The summed E-state index contributed by atoms with van der Waals surface area (Å²) in [4.78, 5) is 33.4. The first-order valence-electron chi connectivity index (χ1n) is 9.61. The molecule has 1 N–H and O–H groups in total. The zero-order chi connectivity index (χ0) is 21.1. The predicted octanol–water partition coefficient (Wildman–Crippen LogP) is 3.42. The molecule has 1 aromatic heterocycles. The van der Waals surface area contributed by atoms with Crippen LogP contribution in [0.1, 0.15) is 10.4 Å². The van der Waals surface area contributed by atoms with Crippen molar-refractivity contribution in [2.24, 2.45) is 0 Å². The molecule has 1 fully saturated rings. The van der Waals surface area contributed by atoms with Gasteiger partial charge in [-0.15, -0.1) is 0 Å². The summed E-state index contributed by atoms with van der Waals surface area (Å²) in [5, 5.41) is 4.07. The van der Waals surface area contributed by atoms with E-state index in [-0.39, 0.29) is 24.2 Å². The van der Waals surface area contributed by atoms with Crippen LogP contribution < -0.4 is 5.32 Å². The molecule has 0 radical (unpaired) electrons. The minimum Gasteiger partial charge on any atom is -0.336 e. The van der Waals surface area contributed by atoms with E-state index >= 15 is 0 Å². The highest BCUT2D eigenvalue weighted by molar-refractivity contribution is 6.32. The van der Waals surface area contributed by atoms with Crippen molar-refractivity contribution >= 4 is 40.0 Å². The van der Waals surface area contributed by atoms with Crippen LogP contribution in [0.3, 0.4) is 0 Å². The van der Waals surface area contributed by atoms with Crippen molar-refractivity contribution in [2.45, 2.75) is 0 Å². The van der Waals surface area contributed by atoms with Crippen LogP contribution in [0.5, 0.6) is 0 Å². The molecule has 1 aliphatic heterocycles. The van der Waals surface area contributed by atoms with E-state index in [1.165, 1.54) is 24.3 Å². The Morgan fingerprint density at radius 2 is 1.80 bits per heavy atom. The molecular weight excluding hydrogens is 407 g/mol. The van der Waals surface area contributed by atoms with E-state index in [1.807, 2.05) is 17.0 Å². The number of carbonyl (C=O) groups is 2. The van der Waals surface area contributed by atoms with Crippen molar-refractivity contribution in [2.75, 3.05) is 38.0 Å². The van der Waals surface area contributed by atoms with Gasteiger partial charge in [0.05, 0.1) is 17.6 Å². The third kappa shape index (κ3) is 4.58. The van der Waals surface area contributed by atoms with Crippen LogP contribution >= 0.6 is 11.6 Å².